The minimum Gasteiger partial charge on any atom is -0.358 e. The molecule has 7 heteroatoms. The van der Waals surface area contributed by atoms with Crippen LogP contribution in [0.1, 0.15) is 5.76 Å². The van der Waals surface area contributed by atoms with E-state index in [4.69, 9.17) is 4.52 Å². The van der Waals surface area contributed by atoms with Crippen molar-refractivity contribution in [1.29, 1.82) is 0 Å². The van der Waals surface area contributed by atoms with Crippen molar-refractivity contribution < 1.29 is 21.5 Å². The van der Waals surface area contributed by atoms with E-state index < -0.39 is 10.1 Å². The van der Waals surface area contributed by atoms with Crippen LogP contribution in [0.2, 0.25) is 0 Å². The van der Waals surface area contributed by atoms with Gasteiger partial charge in [0, 0.05) is 11.6 Å². The molecule has 0 N–H and O–H groups in total. The summed E-state index contributed by atoms with van der Waals surface area (Å²) in [6.07, 6.45) is 0.949. The van der Waals surface area contributed by atoms with Gasteiger partial charge in [-0.1, -0.05) is 5.16 Å². The van der Waals surface area contributed by atoms with E-state index in [-0.39, 0.29) is 18.2 Å². The van der Waals surface area contributed by atoms with Gasteiger partial charge in [-0.3, -0.25) is 4.18 Å². The zero-order valence-electron chi connectivity index (χ0n) is 9.46. The molecule has 5 nitrogen and oxygen atoms in total. The summed E-state index contributed by atoms with van der Waals surface area (Å²) >= 11 is 0. The zero-order chi connectivity index (χ0) is 13.2. The van der Waals surface area contributed by atoms with Crippen LogP contribution in [0.4, 0.5) is 4.39 Å². The molecule has 0 aliphatic carbocycles. The summed E-state index contributed by atoms with van der Waals surface area (Å²) in [5, 5.41) is 3.74. The maximum atomic E-state index is 12.7. The quantitative estimate of drug-likeness (QED) is 0.795. The molecule has 96 valence electrons. The van der Waals surface area contributed by atoms with Gasteiger partial charge in [-0.15, -0.1) is 0 Å². The second kappa shape index (κ2) is 4.87. The first-order valence-corrected chi connectivity index (χ1v) is 6.81. The Morgan fingerprint density at radius 1 is 1.33 bits per heavy atom. The Balaban J connectivity index is 2.13. The lowest BCUT2D eigenvalue weighted by Gasteiger charge is -1.95. The molecule has 0 amide bonds. The number of benzene rings is 1. The molecular weight excluding hydrogens is 261 g/mol. The molecule has 0 spiro atoms. The van der Waals surface area contributed by atoms with Crippen LogP contribution in [-0.4, -0.2) is 19.8 Å². The maximum Gasteiger partial charge on any atom is 0.264 e. The van der Waals surface area contributed by atoms with Crippen LogP contribution in [0.3, 0.4) is 0 Å². The van der Waals surface area contributed by atoms with Gasteiger partial charge in [-0.05, 0) is 24.3 Å². The Morgan fingerprint density at radius 2 is 2.00 bits per heavy atom. The Morgan fingerprint density at radius 3 is 2.61 bits per heavy atom. The molecule has 0 atom stereocenters. The van der Waals surface area contributed by atoms with Gasteiger partial charge >= 0.3 is 0 Å². The predicted molar refractivity (Wildman–Crippen MR) is 61.5 cm³/mol. The van der Waals surface area contributed by atoms with Gasteiger partial charge in [0.05, 0.1) is 6.26 Å². The van der Waals surface area contributed by atoms with Crippen LogP contribution in [-0.2, 0) is 20.9 Å². The number of halogens is 1. The average Bonchev–Trinajstić information content (AvgIpc) is 2.75. The molecule has 0 fully saturated rings. The molecule has 0 unspecified atom stereocenters. The summed E-state index contributed by atoms with van der Waals surface area (Å²) < 4.78 is 43.8. The van der Waals surface area contributed by atoms with Crippen molar-refractivity contribution in [3.63, 3.8) is 0 Å². The number of hydrogen-bond acceptors (Lipinski definition) is 5. The third kappa shape index (κ3) is 3.38. The SMILES string of the molecule is CS(=O)(=O)OCc1cc(-c2ccc(F)cc2)no1. The monoisotopic (exact) mass is 271 g/mol. The minimum atomic E-state index is -3.52. The molecule has 0 saturated carbocycles. The lowest BCUT2D eigenvalue weighted by atomic mass is 10.1. The van der Waals surface area contributed by atoms with E-state index in [1.807, 2.05) is 0 Å². The fourth-order valence-electron chi connectivity index (χ4n) is 1.30. The summed E-state index contributed by atoms with van der Waals surface area (Å²) in [4.78, 5) is 0. The maximum absolute atomic E-state index is 12.7. The van der Waals surface area contributed by atoms with Gasteiger partial charge in [0.15, 0.2) is 5.76 Å². The first-order chi connectivity index (χ1) is 8.44. The van der Waals surface area contributed by atoms with Gasteiger partial charge in [0.2, 0.25) is 0 Å². The van der Waals surface area contributed by atoms with Crippen molar-refractivity contribution in [2.75, 3.05) is 6.26 Å². The minimum absolute atomic E-state index is 0.215. The molecular formula is C11H10FNO4S. The van der Waals surface area contributed by atoms with Crippen LogP contribution >= 0.6 is 0 Å². The third-order valence-corrected chi connectivity index (χ3v) is 2.66. The van der Waals surface area contributed by atoms with E-state index in [1.165, 1.54) is 12.1 Å². The first kappa shape index (κ1) is 12.7. The summed E-state index contributed by atoms with van der Waals surface area (Å²) in [7, 11) is -3.52. The Bertz CT molecular complexity index is 633. The average molecular weight is 271 g/mol. The van der Waals surface area contributed by atoms with E-state index in [1.54, 1.807) is 18.2 Å². The molecule has 1 aromatic heterocycles. The molecule has 1 heterocycles. The molecule has 0 aliphatic heterocycles. The Kier molecular flexibility index (Phi) is 3.44. The molecule has 0 aliphatic rings. The van der Waals surface area contributed by atoms with Crippen molar-refractivity contribution in [3.8, 4) is 11.3 Å². The van der Waals surface area contributed by atoms with Crippen LogP contribution in [0, 0.1) is 5.82 Å². The standard InChI is InChI=1S/C11H10FNO4S/c1-18(14,15)16-7-10-6-11(13-17-10)8-2-4-9(12)5-3-8/h2-6H,7H2,1H3. The van der Waals surface area contributed by atoms with E-state index in [0.29, 0.717) is 11.3 Å². The van der Waals surface area contributed by atoms with Crippen LogP contribution < -0.4 is 0 Å². The van der Waals surface area contributed by atoms with E-state index >= 15 is 0 Å². The normalized spacial score (nSPS) is 11.7. The highest BCUT2D eigenvalue weighted by molar-refractivity contribution is 7.85. The molecule has 18 heavy (non-hydrogen) atoms. The second-order valence-corrected chi connectivity index (χ2v) is 5.30. The topological polar surface area (TPSA) is 69.4 Å². The van der Waals surface area contributed by atoms with Crippen molar-refractivity contribution in [1.82, 2.24) is 5.16 Å². The summed E-state index contributed by atoms with van der Waals surface area (Å²) in [5.74, 6) is -0.0670. The number of nitrogens with zero attached hydrogens (tertiary/aromatic N) is 1. The smallest absolute Gasteiger partial charge is 0.264 e. The highest BCUT2D eigenvalue weighted by Crippen LogP contribution is 2.19. The van der Waals surface area contributed by atoms with Gasteiger partial charge in [-0.25, -0.2) is 4.39 Å². The largest absolute Gasteiger partial charge is 0.358 e. The van der Waals surface area contributed by atoms with Crippen LogP contribution in [0.5, 0.6) is 0 Å². The predicted octanol–water partition coefficient (Wildman–Crippen LogP) is 1.96. The zero-order valence-corrected chi connectivity index (χ0v) is 10.3. The van der Waals surface area contributed by atoms with Gasteiger partial charge in [0.1, 0.15) is 18.1 Å². The van der Waals surface area contributed by atoms with Crippen molar-refractivity contribution in [2.45, 2.75) is 6.61 Å². The molecule has 0 bridgehead atoms. The molecule has 2 aromatic rings. The lowest BCUT2D eigenvalue weighted by Crippen LogP contribution is -2.01. The van der Waals surface area contributed by atoms with Gasteiger partial charge in [0.25, 0.3) is 10.1 Å². The van der Waals surface area contributed by atoms with Crippen molar-refractivity contribution in [3.05, 3.63) is 41.9 Å². The molecule has 0 saturated heterocycles. The number of hydrogen-bond donors (Lipinski definition) is 0. The third-order valence-electron chi connectivity index (χ3n) is 2.11. The fourth-order valence-corrected chi connectivity index (χ4v) is 1.63. The molecule has 1 aromatic carbocycles. The van der Waals surface area contributed by atoms with E-state index in [9.17, 15) is 12.8 Å². The van der Waals surface area contributed by atoms with Crippen LogP contribution in [0.15, 0.2) is 34.9 Å². The highest BCUT2D eigenvalue weighted by atomic mass is 32.2. The number of rotatable bonds is 4. The van der Waals surface area contributed by atoms with Crippen molar-refractivity contribution in [2.24, 2.45) is 0 Å². The van der Waals surface area contributed by atoms with Gasteiger partial charge in [-0.2, -0.15) is 8.42 Å². The van der Waals surface area contributed by atoms with Crippen LogP contribution in [0.25, 0.3) is 11.3 Å². The summed E-state index contributed by atoms with van der Waals surface area (Å²) in [6, 6.07) is 7.24. The Labute approximate surface area is 103 Å². The highest BCUT2D eigenvalue weighted by Gasteiger charge is 2.09. The van der Waals surface area contributed by atoms with Gasteiger partial charge < -0.3 is 4.52 Å². The van der Waals surface area contributed by atoms with Crippen molar-refractivity contribution >= 4 is 10.1 Å². The summed E-state index contributed by atoms with van der Waals surface area (Å²) in [5.41, 5.74) is 1.16. The molecule has 2 rings (SSSR count). The number of aromatic nitrogens is 1. The molecule has 0 radical (unpaired) electrons. The summed E-state index contributed by atoms with van der Waals surface area (Å²) in [6.45, 7) is -0.215. The van der Waals surface area contributed by atoms with E-state index in [0.717, 1.165) is 6.26 Å². The first-order valence-electron chi connectivity index (χ1n) is 5.00. The van der Waals surface area contributed by atoms with E-state index in [2.05, 4.69) is 9.34 Å². The second-order valence-electron chi connectivity index (χ2n) is 3.65. The fraction of sp³-hybridized carbons (Fsp3) is 0.182. The Hall–Kier alpha value is -1.73. The lowest BCUT2D eigenvalue weighted by molar-refractivity contribution is 0.256.